The van der Waals surface area contributed by atoms with Crippen molar-refractivity contribution in [2.75, 3.05) is 12.0 Å². The molecule has 1 aliphatic carbocycles. The highest BCUT2D eigenvalue weighted by molar-refractivity contribution is 6.25. The summed E-state index contributed by atoms with van der Waals surface area (Å²) in [5, 5.41) is 11.9. The summed E-state index contributed by atoms with van der Waals surface area (Å²) in [4.78, 5) is 53.5. The van der Waals surface area contributed by atoms with E-state index in [9.17, 15) is 24.5 Å². The Morgan fingerprint density at radius 2 is 1.68 bits per heavy atom. The standard InChI is InChI=1S/C29H22N2O7/c1-15-8-10-18-20-14-19(16-6-4-3-5-7-16)24-26(25(20)29(34)38-23(18)12-15)28(33)30(27(24)32)21-11-9-17(37-2)13-22(21)31(35)36/h3-14,19,24-26H,1-2H3/t19-,24-,25+,26-/m0/s1. The number of ether oxygens (including phenoxy) is 2. The molecule has 9 nitrogen and oxygen atoms in total. The summed E-state index contributed by atoms with van der Waals surface area (Å²) in [5.41, 5.74) is 2.42. The fourth-order valence-electron chi connectivity index (χ4n) is 5.87. The first kappa shape index (κ1) is 23.6. The van der Waals surface area contributed by atoms with Crippen LogP contribution in [0.25, 0.3) is 5.57 Å². The molecule has 1 fully saturated rings. The largest absolute Gasteiger partial charge is 0.496 e. The van der Waals surface area contributed by atoms with Crippen molar-refractivity contribution in [3.05, 3.63) is 99.6 Å². The molecule has 190 valence electrons. The predicted octanol–water partition coefficient (Wildman–Crippen LogP) is 4.43. The number of imide groups is 1. The van der Waals surface area contributed by atoms with Crippen LogP contribution >= 0.6 is 0 Å². The van der Waals surface area contributed by atoms with Crippen molar-refractivity contribution >= 4 is 34.7 Å². The lowest BCUT2D eigenvalue weighted by atomic mass is 9.64. The van der Waals surface area contributed by atoms with Crippen molar-refractivity contribution in [1.29, 1.82) is 0 Å². The number of carbonyl (C=O) groups excluding carboxylic acids is 3. The first-order valence-electron chi connectivity index (χ1n) is 12.1. The van der Waals surface area contributed by atoms with E-state index in [0.717, 1.165) is 16.0 Å². The Bertz CT molecular complexity index is 1560. The third kappa shape index (κ3) is 3.42. The fraction of sp³-hybridized carbons (Fsp3) is 0.207. The maximum Gasteiger partial charge on any atom is 0.319 e. The molecule has 9 heteroatoms. The van der Waals surface area contributed by atoms with Gasteiger partial charge in [-0.05, 0) is 41.8 Å². The zero-order valence-corrected chi connectivity index (χ0v) is 20.5. The van der Waals surface area contributed by atoms with Crippen molar-refractivity contribution in [3.8, 4) is 11.5 Å². The zero-order chi connectivity index (χ0) is 26.7. The normalized spacial score (nSPS) is 23.7. The van der Waals surface area contributed by atoms with Crippen molar-refractivity contribution in [2.24, 2.45) is 17.8 Å². The summed E-state index contributed by atoms with van der Waals surface area (Å²) < 4.78 is 10.8. The van der Waals surface area contributed by atoms with Gasteiger partial charge in [0.05, 0.1) is 35.9 Å². The van der Waals surface area contributed by atoms with Crippen molar-refractivity contribution in [1.82, 2.24) is 0 Å². The topological polar surface area (TPSA) is 116 Å². The fourth-order valence-corrected chi connectivity index (χ4v) is 5.87. The van der Waals surface area contributed by atoms with Crippen LogP contribution in [0.5, 0.6) is 11.5 Å². The smallest absolute Gasteiger partial charge is 0.319 e. The number of hydrogen-bond donors (Lipinski definition) is 0. The number of nitrogens with zero attached hydrogens (tertiary/aromatic N) is 2. The van der Waals surface area contributed by atoms with Gasteiger partial charge in [-0.15, -0.1) is 0 Å². The van der Waals surface area contributed by atoms with Crippen LogP contribution in [0.2, 0.25) is 0 Å². The molecule has 2 amide bonds. The number of methoxy groups -OCH3 is 1. The third-order valence-corrected chi connectivity index (χ3v) is 7.56. The molecule has 3 aromatic rings. The molecule has 0 aromatic heterocycles. The van der Waals surface area contributed by atoms with Gasteiger partial charge in [-0.3, -0.25) is 24.5 Å². The molecule has 2 heterocycles. The first-order chi connectivity index (χ1) is 18.3. The SMILES string of the molecule is COc1ccc(N2C(=O)[C@@H]3[C@@H]4C(=O)Oc5cc(C)ccc5C4=C[C@@H](c4ccccc4)[C@@H]3C2=O)c([N+](=O)[O-])c1. The molecule has 6 rings (SSSR count). The molecule has 0 saturated carbocycles. The van der Waals surface area contributed by atoms with Gasteiger partial charge in [-0.1, -0.05) is 48.5 Å². The number of nitro groups is 1. The molecule has 3 aromatic carbocycles. The van der Waals surface area contributed by atoms with Crippen LogP contribution in [0.3, 0.4) is 0 Å². The summed E-state index contributed by atoms with van der Waals surface area (Å²) in [6, 6.07) is 18.7. The Kier molecular flexibility index (Phi) is 5.37. The molecule has 38 heavy (non-hydrogen) atoms. The summed E-state index contributed by atoms with van der Waals surface area (Å²) in [5.74, 6) is -4.86. The van der Waals surface area contributed by atoms with Crippen LogP contribution in [0.4, 0.5) is 11.4 Å². The van der Waals surface area contributed by atoms with E-state index in [1.165, 1.54) is 25.3 Å². The van der Waals surface area contributed by atoms with Crippen LogP contribution in [0.15, 0.2) is 72.8 Å². The lowest BCUT2D eigenvalue weighted by Crippen LogP contribution is -2.42. The van der Waals surface area contributed by atoms with Gasteiger partial charge in [0.25, 0.3) is 5.69 Å². The van der Waals surface area contributed by atoms with Crippen molar-refractivity contribution in [3.63, 3.8) is 0 Å². The highest BCUT2D eigenvalue weighted by atomic mass is 16.6. The van der Waals surface area contributed by atoms with E-state index >= 15 is 0 Å². The van der Waals surface area contributed by atoms with E-state index in [-0.39, 0.29) is 11.4 Å². The third-order valence-electron chi connectivity index (χ3n) is 7.56. The average molecular weight is 511 g/mol. The molecule has 0 bridgehead atoms. The van der Waals surface area contributed by atoms with Crippen LogP contribution in [-0.2, 0) is 14.4 Å². The van der Waals surface area contributed by atoms with Gasteiger partial charge in [0, 0.05) is 11.5 Å². The molecule has 2 aliphatic heterocycles. The van der Waals surface area contributed by atoms with Gasteiger partial charge >= 0.3 is 5.97 Å². The number of amides is 2. The van der Waals surface area contributed by atoms with E-state index in [0.29, 0.717) is 16.9 Å². The Morgan fingerprint density at radius 1 is 0.947 bits per heavy atom. The monoisotopic (exact) mass is 510 g/mol. The number of hydrogen-bond acceptors (Lipinski definition) is 7. The van der Waals surface area contributed by atoms with Crippen molar-refractivity contribution < 1.29 is 28.8 Å². The highest BCUT2D eigenvalue weighted by Crippen LogP contribution is 2.55. The Hall–Kier alpha value is -4.79. The summed E-state index contributed by atoms with van der Waals surface area (Å²) in [6.07, 6.45) is 1.88. The molecule has 1 saturated heterocycles. The number of anilines is 1. The number of allylic oxidation sites excluding steroid dienone is 1. The molecule has 0 unspecified atom stereocenters. The molecular formula is C29H22N2O7. The maximum atomic E-state index is 14.0. The van der Waals surface area contributed by atoms with Crippen molar-refractivity contribution in [2.45, 2.75) is 12.8 Å². The molecule has 4 atom stereocenters. The van der Waals surface area contributed by atoms with Gasteiger partial charge < -0.3 is 9.47 Å². The maximum absolute atomic E-state index is 14.0. The first-order valence-corrected chi connectivity index (χ1v) is 12.1. The minimum absolute atomic E-state index is 0.159. The summed E-state index contributed by atoms with van der Waals surface area (Å²) in [6.45, 7) is 1.89. The Labute approximate surface area is 217 Å². The molecule has 3 aliphatic rings. The van der Waals surface area contributed by atoms with Gasteiger partial charge in [-0.2, -0.15) is 0 Å². The minimum Gasteiger partial charge on any atom is -0.496 e. The van der Waals surface area contributed by atoms with Gasteiger partial charge in [0.15, 0.2) is 0 Å². The number of esters is 1. The van der Waals surface area contributed by atoms with Crippen LogP contribution in [-0.4, -0.2) is 29.8 Å². The lowest BCUT2D eigenvalue weighted by Gasteiger charge is -2.38. The molecule has 0 spiro atoms. The summed E-state index contributed by atoms with van der Waals surface area (Å²) in [7, 11) is 1.37. The van der Waals surface area contributed by atoms with Crippen LogP contribution in [0.1, 0.15) is 22.6 Å². The van der Waals surface area contributed by atoms with E-state index in [4.69, 9.17) is 9.47 Å². The van der Waals surface area contributed by atoms with E-state index in [1.54, 1.807) is 6.07 Å². The van der Waals surface area contributed by atoms with Crippen LogP contribution < -0.4 is 14.4 Å². The lowest BCUT2D eigenvalue weighted by molar-refractivity contribution is -0.384. The van der Waals surface area contributed by atoms with Crippen LogP contribution in [0, 0.1) is 34.8 Å². The molecule has 0 N–H and O–H groups in total. The molecule has 0 radical (unpaired) electrons. The number of benzene rings is 3. The second-order valence-corrected chi connectivity index (χ2v) is 9.63. The second-order valence-electron chi connectivity index (χ2n) is 9.63. The summed E-state index contributed by atoms with van der Waals surface area (Å²) >= 11 is 0. The second kappa shape index (κ2) is 8.65. The van der Waals surface area contributed by atoms with Gasteiger partial charge in [0.2, 0.25) is 11.8 Å². The Balaban J connectivity index is 1.55. The number of carbonyl (C=O) groups is 3. The molecular weight excluding hydrogens is 488 g/mol. The van der Waals surface area contributed by atoms with E-state index < -0.39 is 52.1 Å². The van der Waals surface area contributed by atoms with E-state index in [2.05, 4.69) is 0 Å². The van der Waals surface area contributed by atoms with Gasteiger partial charge in [0.1, 0.15) is 17.2 Å². The minimum atomic E-state index is -1.09. The van der Waals surface area contributed by atoms with E-state index in [1.807, 2.05) is 55.5 Å². The number of rotatable bonds is 4. The number of fused-ring (bicyclic) bond motifs is 5. The predicted molar refractivity (Wildman–Crippen MR) is 137 cm³/mol. The highest BCUT2D eigenvalue weighted by Gasteiger charge is 2.61. The number of aryl methyl sites for hydroxylation is 1. The number of nitro benzene ring substituents is 1. The Morgan fingerprint density at radius 3 is 2.39 bits per heavy atom. The zero-order valence-electron chi connectivity index (χ0n) is 20.5. The quantitative estimate of drug-likeness (QED) is 0.168. The van der Waals surface area contributed by atoms with Gasteiger partial charge in [-0.25, -0.2) is 4.90 Å². The average Bonchev–Trinajstić information content (AvgIpc) is 3.17.